The summed E-state index contributed by atoms with van der Waals surface area (Å²) < 4.78 is 0. The van der Waals surface area contributed by atoms with Gasteiger partial charge < -0.3 is 10.6 Å². The number of amidine groups is 1. The molecule has 0 saturated heterocycles. The van der Waals surface area contributed by atoms with Crippen LogP contribution in [-0.4, -0.2) is 36.9 Å². The second-order valence-electron chi connectivity index (χ2n) is 6.81. The number of amides is 1. The molecule has 0 fully saturated rings. The zero-order valence-electron chi connectivity index (χ0n) is 16.2. The van der Waals surface area contributed by atoms with Crippen LogP contribution in [0.5, 0.6) is 0 Å². The van der Waals surface area contributed by atoms with E-state index in [1.807, 2.05) is 68.7 Å². The Bertz CT molecular complexity index is 867. The summed E-state index contributed by atoms with van der Waals surface area (Å²) >= 11 is 0. The number of carbonyl (C=O) groups excluding carboxylic acids is 1. The van der Waals surface area contributed by atoms with Crippen LogP contribution in [0, 0.1) is 6.08 Å². The van der Waals surface area contributed by atoms with Gasteiger partial charge in [-0.25, -0.2) is 4.99 Å². The minimum Gasteiger partial charge on any atom is -0.354 e. The molecule has 5 heteroatoms. The summed E-state index contributed by atoms with van der Waals surface area (Å²) in [6, 6.07) is 17.7. The van der Waals surface area contributed by atoms with E-state index in [2.05, 4.69) is 26.6 Å². The zero-order chi connectivity index (χ0) is 19.8. The standard InChI is InChI=1S/C23H25N4O/c1-27(2)22-16-17-24-21(26-22)14-10-19-8-12-20(13-9-19)25-23(28)15-11-18-6-4-3-5-7-18/h3-9,11-13,15,17,22H,10,14H2,1-2H3,(H,24,26)(H,25,28)/b15-11+. The molecule has 5 nitrogen and oxygen atoms in total. The lowest BCUT2D eigenvalue weighted by Gasteiger charge is -2.25. The molecule has 0 saturated carbocycles. The van der Waals surface area contributed by atoms with Crippen molar-refractivity contribution in [3.05, 3.63) is 84.1 Å². The van der Waals surface area contributed by atoms with Crippen molar-refractivity contribution in [3.63, 3.8) is 0 Å². The van der Waals surface area contributed by atoms with Crippen LogP contribution in [0.3, 0.4) is 0 Å². The van der Waals surface area contributed by atoms with Gasteiger partial charge in [0.05, 0.1) is 0 Å². The highest BCUT2D eigenvalue weighted by molar-refractivity contribution is 6.01. The Morgan fingerprint density at radius 1 is 1.14 bits per heavy atom. The molecular formula is C23H25N4O. The summed E-state index contributed by atoms with van der Waals surface area (Å²) in [6.07, 6.45) is 10.00. The number of aryl methyl sites for hydroxylation is 1. The Kier molecular flexibility index (Phi) is 6.76. The molecule has 2 aromatic carbocycles. The van der Waals surface area contributed by atoms with Crippen LogP contribution in [0.4, 0.5) is 5.69 Å². The predicted molar refractivity (Wildman–Crippen MR) is 115 cm³/mol. The quantitative estimate of drug-likeness (QED) is 0.731. The molecule has 28 heavy (non-hydrogen) atoms. The maximum Gasteiger partial charge on any atom is 0.248 e. The summed E-state index contributed by atoms with van der Waals surface area (Å²) in [7, 11) is 4.01. The van der Waals surface area contributed by atoms with E-state index in [9.17, 15) is 4.79 Å². The first-order chi connectivity index (χ1) is 13.6. The number of nitrogens with zero attached hydrogens (tertiary/aromatic N) is 2. The van der Waals surface area contributed by atoms with E-state index in [1.165, 1.54) is 5.56 Å². The fourth-order valence-corrected chi connectivity index (χ4v) is 2.77. The van der Waals surface area contributed by atoms with Gasteiger partial charge in [0.1, 0.15) is 12.0 Å². The SMILES string of the molecule is CN(C)C1[C]=CN=C(CCc2ccc(NC(=O)/C=C/c3ccccc3)cc2)N1. The molecule has 0 aromatic heterocycles. The van der Waals surface area contributed by atoms with Gasteiger partial charge in [0.2, 0.25) is 5.91 Å². The van der Waals surface area contributed by atoms with Crippen LogP contribution in [0.15, 0.2) is 71.9 Å². The average molecular weight is 373 g/mol. The summed E-state index contributed by atoms with van der Waals surface area (Å²) in [5, 5.41) is 6.24. The van der Waals surface area contributed by atoms with Crippen LogP contribution in [-0.2, 0) is 11.2 Å². The molecule has 1 amide bonds. The van der Waals surface area contributed by atoms with Crippen molar-refractivity contribution < 1.29 is 4.79 Å². The topological polar surface area (TPSA) is 56.7 Å². The van der Waals surface area contributed by atoms with Gasteiger partial charge in [-0.3, -0.25) is 9.69 Å². The van der Waals surface area contributed by atoms with E-state index in [0.717, 1.165) is 29.9 Å². The first-order valence-electron chi connectivity index (χ1n) is 9.30. The largest absolute Gasteiger partial charge is 0.354 e. The maximum atomic E-state index is 12.1. The van der Waals surface area contributed by atoms with E-state index in [0.29, 0.717) is 0 Å². The molecule has 0 aliphatic carbocycles. The van der Waals surface area contributed by atoms with Crippen molar-refractivity contribution in [3.8, 4) is 0 Å². The fourth-order valence-electron chi connectivity index (χ4n) is 2.77. The number of aliphatic imine (C=N–C) groups is 1. The molecular weight excluding hydrogens is 348 g/mol. The van der Waals surface area contributed by atoms with Crippen molar-refractivity contribution in [1.29, 1.82) is 0 Å². The van der Waals surface area contributed by atoms with Crippen LogP contribution < -0.4 is 10.6 Å². The van der Waals surface area contributed by atoms with Crippen molar-refractivity contribution >= 4 is 23.5 Å². The van der Waals surface area contributed by atoms with Gasteiger partial charge in [-0.15, -0.1) is 0 Å². The van der Waals surface area contributed by atoms with Gasteiger partial charge in [0.25, 0.3) is 0 Å². The Hall–Kier alpha value is -3.18. The molecule has 1 radical (unpaired) electrons. The number of likely N-dealkylation sites (N-methyl/N-ethyl adjacent to an activating group) is 1. The minimum atomic E-state index is -0.143. The first kappa shape index (κ1) is 19.6. The van der Waals surface area contributed by atoms with Gasteiger partial charge in [-0.2, -0.15) is 0 Å². The maximum absolute atomic E-state index is 12.1. The predicted octanol–water partition coefficient (Wildman–Crippen LogP) is 3.48. The van der Waals surface area contributed by atoms with Gasteiger partial charge in [-0.05, 0) is 49.9 Å². The lowest BCUT2D eigenvalue weighted by atomic mass is 10.1. The van der Waals surface area contributed by atoms with E-state index >= 15 is 0 Å². The number of carbonyl (C=O) groups is 1. The Morgan fingerprint density at radius 3 is 2.61 bits per heavy atom. The molecule has 1 aliphatic heterocycles. The highest BCUT2D eigenvalue weighted by Crippen LogP contribution is 2.12. The molecule has 1 atom stereocenters. The molecule has 2 aromatic rings. The van der Waals surface area contributed by atoms with Crippen LogP contribution in [0.1, 0.15) is 17.5 Å². The summed E-state index contributed by atoms with van der Waals surface area (Å²) in [5.74, 6) is 0.816. The molecule has 0 spiro atoms. The minimum absolute atomic E-state index is 0.0639. The number of hydrogen-bond donors (Lipinski definition) is 2. The van der Waals surface area contributed by atoms with Gasteiger partial charge >= 0.3 is 0 Å². The molecule has 1 heterocycles. The molecule has 3 rings (SSSR count). The van der Waals surface area contributed by atoms with E-state index in [4.69, 9.17) is 0 Å². The van der Waals surface area contributed by atoms with Crippen molar-refractivity contribution in [2.24, 2.45) is 4.99 Å². The Morgan fingerprint density at radius 2 is 1.89 bits per heavy atom. The lowest BCUT2D eigenvalue weighted by molar-refractivity contribution is -0.111. The Labute approximate surface area is 166 Å². The highest BCUT2D eigenvalue weighted by atomic mass is 16.1. The second-order valence-corrected chi connectivity index (χ2v) is 6.81. The summed E-state index contributed by atoms with van der Waals surface area (Å²) in [6.45, 7) is 0. The normalized spacial score (nSPS) is 16.1. The summed E-state index contributed by atoms with van der Waals surface area (Å²) in [5.41, 5.74) is 2.98. The van der Waals surface area contributed by atoms with E-state index in [-0.39, 0.29) is 12.1 Å². The van der Waals surface area contributed by atoms with E-state index in [1.54, 1.807) is 18.4 Å². The van der Waals surface area contributed by atoms with Crippen LogP contribution in [0.25, 0.3) is 6.08 Å². The van der Waals surface area contributed by atoms with Crippen molar-refractivity contribution in [1.82, 2.24) is 10.2 Å². The fraction of sp³-hybridized carbons (Fsp3) is 0.217. The third kappa shape index (κ3) is 5.93. The molecule has 143 valence electrons. The number of benzene rings is 2. The third-order valence-corrected chi connectivity index (χ3v) is 4.37. The van der Waals surface area contributed by atoms with Crippen LogP contribution in [0.2, 0.25) is 0 Å². The molecule has 1 aliphatic rings. The van der Waals surface area contributed by atoms with E-state index < -0.39 is 0 Å². The smallest absolute Gasteiger partial charge is 0.248 e. The molecule has 1 unspecified atom stereocenters. The van der Waals surface area contributed by atoms with Gasteiger partial charge in [0.15, 0.2) is 0 Å². The molecule has 0 bridgehead atoms. The highest BCUT2D eigenvalue weighted by Gasteiger charge is 2.13. The number of anilines is 1. The number of rotatable bonds is 7. The second kappa shape index (κ2) is 9.67. The summed E-state index contributed by atoms with van der Waals surface area (Å²) in [4.78, 5) is 18.5. The first-order valence-corrected chi connectivity index (χ1v) is 9.30. The number of hydrogen-bond acceptors (Lipinski definition) is 4. The van der Waals surface area contributed by atoms with Crippen molar-refractivity contribution in [2.45, 2.75) is 19.0 Å². The molecule has 2 N–H and O–H groups in total. The van der Waals surface area contributed by atoms with Gasteiger partial charge in [-0.1, -0.05) is 42.5 Å². The van der Waals surface area contributed by atoms with Crippen LogP contribution >= 0.6 is 0 Å². The van der Waals surface area contributed by atoms with Gasteiger partial charge in [0, 0.05) is 30.5 Å². The van der Waals surface area contributed by atoms with Crippen molar-refractivity contribution in [2.75, 3.05) is 19.4 Å². The monoisotopic (exact) mass is 373 g/mol. The zero-order valence-corrected chi connectivity index (χ0v) is 16.2. The lowest BCUT2D eigenvalue weighted by Crippen LogP contribution is -2.45. The third-order valence-electron chi connectivity index (χ3n) is 4.37. The Balaban J connectivity index is 1.48. The average Bonchev–Trinajstić information content (AvgIpc) is 2.73. The number of nitrogens with one attached hydrogen (secondary N) is 2.